The van der Waals surface area contributed by atoms with E-state index < -0.39 is 42.7 Å². The highest BCUT2D eigenvalue weighted by Crippen LogP contribution is 2.52. The summed E-state index contributed by atoms with van der Waals surface area (Å²) < 4.78 is 109. The van der Waals surface area contributed by atoms with Gasteiger partial charge in [-0.2, -0.15) is 35.1 Å². The van der Waals surface area contributed by atoms with E-state index in [0.29, 0.717) is 0 Å². The lowest BCUT2D eigenvalue weighted by molar-refractivity contribution is -0.413. The van der Waals surface area contributed by atoms with Gasteiger partial charge in [-0.3, -0.25) is 0 Å². The van der Waals surface area contributed by atoms with Crippen LogP contribution in [0.1, 0.15) is 13.8 Å². The van der Waals surface area contributed by atoms with E-state index in [1.165, 1.54) is 6.92 Å². The maximum Gasteiger partial charge on any atom is 0.473 e. The Bertz CT molecular complexity index is 481. The fourth-order valence-corrected chi connectivity index (χ4v) is 1.01. The quantitative estimate of drug-likeness (QED) is 0.399. The first-order chi connectivity index (χ1) is 10.1. The molecule has 0 saturated heterocycles. The molecule has 0 aromatic heterocycles. The van der Waals surface area contributed by atoms with E-state index in [2.05, 4.69) is 9.47 Å². The largest absolute Gasteiger partial charge is 0.473 e. The SMILES string of the molecule is CCOC(=O)/C=C/C(=O)OC(F)(F)C(F)(F)C(F)(F)C(C)(F)F. The van der Waals surface area contributed by atoms with Gasteiger partial charge in [0.2, 0.25) is 0 Å². The summed E-state index contributed by atoms with van der Waals surface area (Å²) >= 11 is 0. The molecule has 12 heteroatoms. The van der Waals surface area contributed by atoms with Crippen LogP contribution in [0.25, 0.3) is 0 Å². The van der Waals surface area contributed by atoms with Gasteiger partial charge in [0.25, 0.3) is 0 Å². The molecule has 0 amide bonds. The molecular weight excluding hydrogens is 348 g/mol. The first-order valence-electron chi connectivity index (χ1n) is 5.69. The van der Waals surface area contributed by atoms with Crippen LogP contribution in [-0.2, 0) is 19.1 Å². The highest BCUT2D eigenvalue weighted by Gasteiger charge is 2.81. The third-order valence-electron chi connectivity index (χ3n) is 2.18. The van der Waals surface area contributed by atoms with Gasteiger partial charge in [-0.05, 0) is 6.92 Å². The van der Waals surface area contributed by atoms with Gasteiger partial charge in [-0.25, -0.2) is 9.59 Å². The Morgan fingerprint density at radius 3 is 1.70 bits per heavy atom. The van der Waals surface area contributed by atoms with Crippen LogP contribution in [0.4, 0.5) is 35.1 Å². The van der Waals surface area contributed by atoms with Gasteiger partial charge < -0.3 is 9.47 Å². The van der Waals surface area contributed by atoms with Crippen LogP contribution >= 0.6 is 0 Å². The minimum atomic E-state index is -6.72. The number of alkyl halides is 8. The van der Waals surface area contributed by atoms with Crippen molar-refractivity contribution in [3.63, 3.8) is 0 Å². The van der Waals surface area contributed by atoms with E-state index in [1.54, 1.807) is 0 Å². The fourth-order valence-electron chi connectivity index (χ4n) is 1.01. The number of halogens is 8. The maximum absolute atomic E-state index is 13.0. The fraction of sp³-hybridized carbons (Fsp3) is 0.636. The van der Waals surface area contributed by atoms with Gasteiger partial charge in [0.1, 0.15) is 0 Å². The molecule has 0 aromatic rings. The summed E-state index contributed by atoms with van der Waals surface area (Å²) in [4.78, 5) is 21.6. The molecule has 0 aromatic carbocycles. The summed E-state index contributed by atoms with van der Waals surface area (Å²) in [5.74, 6) is -22.4. The van der Waals surface area contributed by atoms with Crippen LogP contribution in [0.2, 0.25) is 0 Å². The molecule has 4 nitrogen and oxygen atoms in total. The van der Waals surface area contributed by atoms with E-state index in [-0.39, 0.29) is 18.8 Å². The first kappa shape index (κ1) is 21.1. The number of rotatable bonds is 7. The molecule has 0 heterocycles. The van der Waals surface area contributed by atoms with Gasteiger partial charge in [-0.15, -0.1) is 0 Å². The topological polar surface area (TPSA) is 52.6 Å². The zero-order valence-electron chi connectivity index (χ0n) is 11.5. The highest BCUT2D eigenvalue weighted by molar-refractivity contribution is 5.91. The van der Waals surface area contributed by atoms with Gasteiger partial charge in [0, 0.05) is 19.1 Å². The average molecular weight is 358 g/mol. The summed E-state index contributed by atoms with van der Waals surface area (Å²) in [7, 11) is 0. The molecule has 0 bridgehead atoms. The lowest BCUT2D eigenvalue weighted by Gasteiger charge is -2.34. The second-order valence-corrected chi connectivity index (χ2v) is 4.06. The molecule has 0 aliphatic heterocycles. The van der Waals surface area contributed by atoms with Crippen LogP contribution in [0.3, 0.4) is 0 Å². The van der Waals surface area contributed by atoms with E-state index in [4.69, 9.17) is 0 Å². The first-order valence-corrected chi connectivity index (χ1v) is 5.69. The van der Waals surface area contributed by atoms with Crippen LogP contribution < -0.4 is 0 Å². The zero-order chi connectivity index (χ0) is 18.7. The predicted octanol–water partition coefficient (Wildman–Crippen LogP) is 3.17. The van der Waals surface area contributed by atoms with Gasteiger partial charge in [0.15, 0.2) is 0 Å². The molecule has 0 saturated carbocycles. The summed E-state index contributed by atoms with van der Waals surface area (Å²) in [5.41, 5.74) is 0. The molecule has 0 aliphatic rings. The van der Waals surface area contributed by atoms with E-state index in [0.717, 1.165) is 0 Å². The van der Waals surface area contributed by atoms with Crippen molar-refractivity contribution in [2.24, 2.45) is 0 Å². The third kappa shape index (κ3) is 4.55. The normalized spacial score (nSPS) is 14.0. The molecule has 0 fully saturated rings. The Kier molecular flexibility index (Phi) is 6.16. The molecule has 0 N–H and O–H groups in total. The Morgan fingerprint density at radius 1 is 0.870 bits per heavy atom. The monoisotopic (exact) mass is 358 g/mol. The second kappa shape index (κ2) is 6.71. The van der Waals surface area contributed by atoms with Crippen LogP contribution in [0.15, 0.2) is 12.2 Å². The molecule has 23 heavy (non-hydrogen) atoms. The number of carbonyl (C=O) groups is 2. The highest BCUT2D eigenvalue weighted by atomic mass is 19.4. The van der Waals surface area contributed by atoms with Crippen molar-refractivity contribution in [2.75, 3.05) is 6.61 Å². The number of esters is 2. The predicted molar refractivity (Wildman–Crippen MR) is 57.3 cm³/mol. The van der Waals surface area contributed by atoms with Crippen LogP contribution in [0.5, 0.6) is 0 Å². The molecule has 134 valence electrons. The maximum atomic E-state index is 13.0. The molecule has 0 aliphatic carbocycles. The molecule has 0 spiro atoms. The summed E-state index contributed by atoms with van der Waals surface area (Å²) in [6.07, 6.45) is -6.21. The number of ether oxygens (including phenoxy) is 2. The molecule has 0 atom stereocenters. The Balaban J connectivity index is 5.26. The average Bonchev–Trinajstić information content (AvgIpc) is 2.34. The van der Waals surface area contributed by atoms with Gasteiger partial charge in [-0.1, -0.05) is 0 Å². The van der Waals surface area contributed by atoms with Gasteiger partial charge >= 0.3 is 35.8 Å². The lowest BCUT2D eigenvalue weighted by atomic mass is 10.1. The van der Waals surface area contributed by atoms with Crippen LogP contribution in [-0.4, -0.2) is 42.4 Å². The smallest absolute Gasteiger partial charge is 0.463 e. The number of carbonyl (C=O) groups excluding carboxylic acids is 2. The van der Waals surface area contributed by atoms with Gasteiger partial charge in [0.05, 0.1) is 6.61 Å². The van der Waals surface area contributed by atoms with Crippen molar-refractivity contribution in [1.29, 1.82) is 0 Å². The van der Waals surface area contributed by atoms with E-state index in [9.17, 15) is 44.7 Å². The molecule has 0 rings (SSSR count). The zero-order valence-corrected chi connectivity index (χ0v) is 11.5. The second-order valence-electron chi connectivity index (χ2n) is 4.06. The number of hydrogen-bond donors (Lipinski definition) is 0. The van der Waals surface area contributed by atoms with E-state index in [1.807, 2.05) is 0 Å². The molecular formula is C11H10F8O4. The van der Waals surface area contributed by atoms with Crippen molar-refractivity contribution in [1.82, 2.24) is 0 Å². The van der Waals surface area contributed by atoms with Crippen molar-refractivity contribution in [2.45, 2.75) is 37.7 Å². The molecule has 0 unspecified atom stereocenters. The standard InChI is InChI=1S/C11H10F8O4/c1-3-22-6(20)4-5-7(21)23-11(18,19)10(16,17)9(14,15)8(2,12)13/h4-5H,3H2,1-2H3/b5-4+. The number of hydrogen-bond acceptors (Lipinski definition) is 4. The summed E-state index contributed by atoms with van der Waals surface area (Å²) in [6.45, 7) is 0.454. The van der Waals surface area contributed by atoms with Crippen LogP contribution in [0, 0.1) is 0 Å². The molecule has 0 radical (unpaired) electrons. The summed E-state index contributed by atoms with van der Waals surface area (Å²) in [5, 5.41) is 0. The van der Waals surface area contributed by atoms with Crippen molar-refractivity contribution < 1.29 is 54.2 Å². The Morgan fingerprint density at radius 2 is 1.30 bits per heavy atom. The lowest BCUT2D eigenvalue weighted by Crippen LogP contribution is -2.62. The minimum Gasteiger partial charge on any atom is -0.463 e. The van der Waals surface area contributed by atoms with E-state index >= 15 is 0 Å². The Hall–Kier alpha value is -1.88. The van der Waals surface area contributed by atoms with Crippen molar-refractivity contribution in [3.05, 3.63) is 12.2 Å². The third-order valence-corrected chi connectivity index (χ3v) is 2.18. The van der Waals surface area contributed by atoms with Crippen molar-refractivity contribution in [3.8, 4) is 0 Å². The summed E-state index contributed by atoms with van der Waals surface area (Å²) in [6, 6.07) is 0. The minimum absolute atomic E-state index is 0.121. The van der Waals surface area contributed by atoms with Crippen molar-refractivity contribution >= 4 is 11.9 Å². The Labute approximate surface area is 124 Å².